The summed E-state index contributed by atoms with van der Waals surface area (Å²) in [4.78, 5) is 18.2. The molecule has 0 aromatic heterocycles. The number of nitrogens with zero attached hydrogens (tertiary/aromatic N) is 5. The van der Waals surface area contributed by atoms with Gasteiger partial charge in [0.25, 0.3) is 15.7 Å². The lowest BCUT2D eigenvalue weighted by molar-refractivity contribution is -0.384. The third-order valence-corrected chi connectivity index (χ3v) is 9.33. The Balaban J connectivity index is 1.48. The van der Waals surface area contributed by atoms with E-state index < -0.39 is 14.9 Å². The van der Waals surface area contributed by atoms with Crippen molar-refractivity contribution in [1.82, 2.24) is 9.80 Å². The van der Waals surface area contributed by atoms with Crippen LogP contribution in [-0.2, 0) is 10.0 Å². The Morgan fingerprint density at radius 2 is 1.69 bits per heavy atom. The van der Waals surface area contributed by atoms with E-state index in [-0.39, 0.29) is 28.3 Å². The van der Waals surface area contributed by atoms with Crippen LogP contribution < -0.4 is 16.0 Å². The summed E-state index contributed by atoms with van der Waals surface area (Å²) in [5, 5.41) is 15.3. The fraction of sp³-hybridized carbons (Fsp3) is 0.345. The summed E-state index contributed by atoms with van der Waals surface area (Å²) < 4.78 is 30.1. The number of nitrogens with two attached hydrogens (primary N) is 1. The van der Waals surface area contributed by atoms with E-state index in [2.05, 4.69) is 19.5 Å². The van der Waals surface area contributed by atoms with E-state index in [4.69, 9.17) is 5.73 Å². The summed E-state index contributed by atoms with van der Waals surface area (Å²) in [7, 11) is -0.337. The lowest BCUT2D eigenvalue weighted by Gasteiger charge is -2.36. The molecule has 0 radical (unpaired) electrons. The molecule has 0 saturated carbocycles. The second kappa shape index (κ2) is 14.4. The molecule has 1 heterocycles. The van der Waals surface area contributed by atoms with Gasteiger partial charge in [-0.1, -0.05) is 36.4 Å². The van der Waals surface area contributed by atoms with Crippen LogP contribution in [0.3, 0.4) is 0 Å². The second-order valence-electron chi connectivity index (χ2n) is 10.2. The molecule has 1 atom stereocenters. The van der Waals surface area contributed by atoms with Crippen molar-refractivity contribution in [2.75, 3.05) is 62.8 Å². The van der Waals surface area contributed by atoms with E-state index in [0.29, 0.717) is 31.9 Å². The molecule has 3 N–H and O–H groups in total. The number of nitro benzene ring substituents is 1. The van der Waals surface area contributed by atoms with E-state index in [1.54, 1.807) is 16.7 Å². The molecule has 1 fully saturated rings. The highest BCUT2D eigenvalue weighted by molar-refractivity contribution is 7.99. The van der Waals surface area contributed by atoms with Crippen LogP contribution in [0.4, 0.5) is 17.1 Å². The van der Waals surface area contributed by atoms with Gasteiger partial charge in [0.15, 0.2) is 0 Å². The van der Waals surface area contributed by atoms with Gasteiger partial charge in [-0.25, -0.2) is 0 Å². The number of piperazine rings is 1. The third kappa shape index (κ3) is 8.60. The molecule has 1 saturated heterocycles. The SMILES string of the molecule is CN(C)CC[C@H](CSc1ccccc1)Nc1ccc(S(=O)(=O)N=C(N)N2CCN(c3ccccc3)CC2)cc1[N+](=O)[O-]. The molecule has 0 bridgehead atoms. The average molecular weight is 612 g/mol. The normalized spacial score (nSPS) is 15.1. The summed E-state index contributed by atoms with van der Waals surface area (Å²) in [6.07, 6.45) is 0.738. The summed E-state index contributed by atoms with van der Waals surface area (Å²) in [5.74, 6) is 0.544. The maximum Gasteiger partial charge on any atom is 0.293 e. The first kappa shape index (κ1) is 31.1. The number of hydrogen-bond donors (Lipinski definition) is 2. The van der Waals surface area contributed by atoms with Crippen LogP contribution in [0.2, 0.25) is 0 Å². The van der Waals surface area contributed by atoms with Crippen LogP contribution in [0.25, 0.3) is 0 Å². The van der Waals surface area contributed by atoms with Crippen LogP contribution in [0, 0.1) is 10.1 Å². The fourth-order valence-electron chi connectivity index (χ4n) is 4.56. The summed E-state index contributed by atoms with van der Waals surface area (Å²) in [6.45, 7) is 3.09. The van der Waals surface area contributed by atoms with Gasteiger partial charge < -0.3 is 25.8 Å². The van der Waals surface area contributed by atoms with Gasteiger partial charge in [0, 0.05) is 54.6 Å². The molecule has 0 unspecified atom stereocenters. The van der Waals surface area contributed by atoms with E-state index >= 15 is 0 Å². The number of benzene rings is 3. The van der Waals surface area contributed by atoms with E-state index in [1.165, 1.54) is 12.1 Å². The minimum Gasteiger partial charge on any atom is -0.376 e. The standard InChI is InChI=1S/C29H37N7O4S2/c1-33(2)16-15-23(22-41-25-11-7-4-8-12-25)31-27-14-13-26(21-28(27)36(37)38)42(39,40)32-29(30)35-19-17-34(18-20-35)24-9-5-3-6-10-24/h3-14,21,23,31H,15-20,22H2,1-2H3,(H2,30,32)/t23-/m1/s1. The van der Waals surface area contributed by atoms with Crippen molar-refractivity contribution in [3.8, 4) is 0 Å². The van der Waals surface area contributed by atoms with E-state index in [1.807, 2.05) is 74.8 Å². The fourth-order valence-corrected chi connectivity index (χ4v) is 6.52. The number of thioether (sulfide) groups is 1. The van der Waals surface area contributed by atoms with Gasteiger partial charge in [-0.15, -0.1) is 16.2 Å². The predicted molar refractivity (Wildman–Crippen MR) is 170 cm³/mol. The summed E-state index contributed by atoms with van der Waals surface area (Å²) in [5.41, 5.74) is 7.12. The van der Waals surface area contributed by atoms with Crippen molar-refractivity contribution in [3.63, 3.8) is 0 Å². The van der Waals surface area contributed by atoms with E-state index in [9.17, 15) is 18.5 Å². The molecule has 1 aliphatic rings. The number of hydrogen-bond acceptors (Lipinski definition) is 8. The molecule has 0 amide bonds. The zero-order valence-corrected chi connectivity index (χ0v) is 25.4. The van der Waals surface area contributed by atoms with Gasteiger partial charge in [-0.3, -0.25) is 10.1 Å². The van der Waals surface area contributed by atoms with Gasteiger partial charge in [0.05, 0.1) is 9.82 Å². The molecular formula is C29H37N7O4S2. The highest BCUT2D eigenvalue weighted by Gasteiger charge is 2.25. The van der Waals surface area contributed by atoms with Crippen LogP contribution in [0.5, 0.6) is 0 Å². The number of guanidine groups is 1. The minimum absolute atomic E-state index is 0.0954. The minimum atomic E-state index is -4.28. The predicted octanol–water partition coefficient (Wildman–Crippen LogP) is 3.94. The molecule has 1 aliphatic heterocycles. The second-order valence-corrected chi connectivity index (χ2v) is 12.9. The third-order valence-electron chi connectivity index (χ3n) is 6.88. The Bertz CT molecular complexity index is 1460. The van der Waals surface area contributed by atoms with Gasteiger partial charge in [0.2, 0.25) is 5.96 Å². The number of anilines is 2. The highest BCUT2D eigenvalue weighted by Crippen LogP contribution is 2.30. The maximum absolute atomic E-state index is 13.2. The number of para-hydroxylation sites is 1. The van der Waals surface area contributed by atoms with E-state index in [0.717, 1.165) is 29.6 Å². The van der Waals surface area contributed by atoms with Gasteiger partial charge in [-0.05, 0) is 63.5 Å². The molecule has 42 heavy (non-hydrogen) atoms. The first-order valence-electron chi connectivity index (χ1n) is 13.7. The molecule has 3 aromatic rings. The van der Waals surface area contributed by atoms with Crippen molar-refractivity contribution < 1.29 is 13.3 Å². The summed E-state index contributed by atoms with van der Waals surface area (Å²) >= 11 is 1.65. The zero-order chi connectivity index (χ0) is 30.1. The highest BCUT2D eigenvalue weighted by atomic mass is 32.2. The number of rotatable bonds is 12. The first-order chi connectivity index (χ1) is 20.1. The molecule has 13 heteroatoms. The maximum atomic E-state index is 13.2. The van der Waals surface area contributed by atoms with Crippen LogP contribution in [0.1, 0.15) is 6.42 Å². The Kier molecular flexibility index (Phi) is 10.7. The average Bonchev–Trinajstić information content (AvgIpc) is 2.99. The first-order valence-corrected chi connectivity index (χ1v) is 16.1. The lowest BCUT2D eigenvalue weighted by atomic mass is 10.2. The van der Waals surface area contributed by atoms with Gasteiger partial charge in [0.1, 0.15) is 5.69 Å². The molecule has 0 spiro atoms. The van der Waals surface area contributed by atoms with Crippen LogP contribution >= 0.6 is 11.8 Å². The van der Waals surface area contributed by atoms with Crippen LogP contribution in [-0.4, -0.2) is 87.7 Å². The quantitative estimate of drug-likeness (QED) is 0.102. The Hall–Kier alpha value is -3.81. The van der Waals surface area contributed by atoms with Gasteiger partial charge in [-0.2, -0.15) is 8.42 Å². The van der Waals surface area contributed by atoms with Gasteiger partial charge >= 0.3 is 0 Å². The zero-order valence-electron chi connectivity index (χ0n) is 23.8. The molecular weight excluding hydrogens is 574 g/mol. The van der Waals surface area contributed by atoms with Crippen LogP contribution in [0.15, 0.2) is 93.1 Å². The number of nitrogens with one attached hydrogen (secondary N) is 1. The lowest BCUT2D eigenvalue weighted by Crippen LogP contribution is -2.51. The Morgan fingerprint density at radius 1 is 1.05 bits per heavy atom. The Labute approximate surface area is 251 Å². The Morgan fingerprint density at radius 3 is 2.31 bits per heavy atom. The molecule has 4 rings (SSSR count). The van der Waals surface area contributed by atoms with Crippen molar-refractivity contribution in [2.45, 2.75) is 22.3 Å². The van der Waals surface area contributed by atoms with Crippen molar-refractivity contribution in [1.29, 1.82) is 0 Å². The molecule has 11 nitrogen and oxygen atoms in total. The largest absolute Gasteiger partial charge is 0.376 e. The molecule has 3 aromatic carbocycles. The molecule has 0 aliphatic carbocycles. The monoisotopic (exact) mass is 611 g/mol. The molecule has 224 valence electrons. The number of nitro groups is 1. The van der Waals surface area contributed by atoms with Crippen molar-refractivity contribution in [2.24, 2.45) is 10.1 Å². The number of sulfonamides is 1. The topological polar surface area (TPSA) is 137 Å². The summed E-state index contributed by atoms with van der Waals surface area (Å²) in [6, 6.07) is 23.6. The smallest absolute Gasteiger partial charge is 0.293 e. The van der Waals surface area contributed by atoms with Crippen molar-refractivity contribution in [3.05, 3.63) is 89.0 Å². The van der Waals surface area contributed by atoms with Crippen molar-refractivity contribution >= 4 is 44.8 Å².